The molecule has 0 aromatic heterocycles. The zero-order valence-electron chi connectivity index (χ0n) is 12.5. The van der Waals surface area contributed by atoms with Crippen LogP contribution in [-0.2, 0) is 20.9 Å². The van der Waals surface area contributed by atoms with E-state index in [2.05, 4.69) is 0 Å². The molecule has 0 N–H and O–H groups in total. The van der Waals surface area contributed by atoms with Crippen molar-refractivity contribution in [3.8, 4) is 0 Å². The van der Waals surface area contributed by atoms with Crippen molar-refractivity contribution in [2.45, 2.75) is 32.4 Å². The van der Waals surface area contributed by atoms with Crippen LogP contribution in [0, 0.1) is 5.92 Å². The van der Waals surface area contributed by atoms with E-state index in [1.165, 1.54) is 7.11 Å². The van der Waals surface area contributed by atoms with E-state index in [1.54, 1.807) is 4.90 Å². The van der Waals surface area contributed by atoms with Crippen LogP contribution in [0.15, 0.2) is 30.3 Å². The van der Waals surface area contributed by atoms with Crippen molar-refractivity contribution in [2.24, 2.45) is 5.92 Å². The minimum atomic E-state index is -0.324. The molecule has 1 saturated heterocycles. The van der Waals surface area contributed by atoms with Gasteiger partial charge < -0.3 is 14.4 Å². The second-order valence-electron chi connectivity index (χ2n) is 5.33. The third-order valence-electron chi connectivity index (χ3n) is 3.85. The first-order valence-electron chi connectivity index (χ1n) is 7.17. The Kier molecular flexibility index (Phi) is 5.20. The number of amides is 1. The minimum Gasteiger partial charge on any atom is -0.469 e. The van der Waals surface area contributed by atoms with Gasteiger partial charge in [0.15, 0.2) is 0 Å². The highest BCUT2D eigenvalue weighted by Gasteiger charge is 2.33. The first-order chi connectivity index (χ1) is 10.1. The van der Waals surface area contributed by atoms with E-state index < -0.39 is 0 Å². The summed E-state index contributed by atoms with van der Waals surface area (Å²) >= 11 is 0. The highest BCUT2D eigenvalue weighted by Crippen LogP contribution is 2.24. The molecule has 1 aliphatic rings. The third kappa shape index (κ3) is 3.97. The predicted molar refractivity (Wildman–Crippen MR) is 77.5 cm³/mol. The van der Waals surface area contributed by atoms with Gasteiger partial charge in [0.25, 0.3) is 0 Å². The maximum Gasteiger partial charge on any atom is 0.410 e. The zero-order chi connectivity index (χ0) is 15.2. The van der Waals surface area contributed by atoms with Crippen LogP contribution in [0.1, 0.15) is 25.3 Å². The number of esters is 1. The number of carbonyl (C=O) groups is 2. The summed E-state index contributed by atoms with van der Waals surface area (Å²) in [5.41, 5.74) is 0.961. The van der Waals surface area contributed by atoms with Crippen LogP contribution in [0.25, 0.3) is 0 Å². The summed E-state index contributed by atoms with van der Waals surface area (Å²) in [5, 5.41) is 0. The smallest absolute Gasteiger partial charge is 0.410 e. The first-order valence-corrected chi connectivity index (χ1v) is 7.17. The highest BCUT2D eigenvalue weighted by molar-refractivity contribution is 5.73. The number of likely N-dealkylation sites (tertiary alicyclic amines) is 1. The molecule has 1 heterocycles. The highest BCUT2D eigenvalue weighted by atomic mass is 16.6. The van der Waals surface area contributed by atoms with Gasteiger partial charge in [-0.15, -0.1) is 0 Å². The average Bonchev–Trinajstić information content (AvgIpc) is 2.52. The molecule has 0 bridgehead atoms. The maximum atomic E-state index is 12.1. The monoisotopic (exact) mass is 291 g/mol. The van der Waals surface area contributed by atoms with E-state index in [0.717, 1.165) is 5.56 Å². The molecular weight excluding hydrogens is 270 g/mol. The summed E-state index contributed by atoms with van der Waals surface area (Å²) in [6.45, 7) is 2.72. The molecule has 1 aliphatic heterocycles. The quantitative estimate of drug-likeness (QED) is 0.803. The average molecular weight is 291 g/mol. The van der Waals surface area contributed by atoms with E-state index in [0.29, 0.717) is 19.4 Å². The van der Waals surface area contributed by atoms with Gasteiger partial charge in [0.2, 0.25) is 0 Å². The molecule has 0 radical (unpaired) electrons. The summed E-state index contributed by atoms with van der Waals surface area (Å²) in [7, 11) is 1.40. The topological polar surface area (TPSA) is 55.8 Å². The SMILES string of the molecule is COC(=O)[C@@H]1CCN(C(=O)OCc2ccccc2)[C@H](C)C1. The van der Waals surface area contributed by atoms with Gasteiger partial charge in [0.1, 0.15) is 6.61 Å². The number of hydrogen-bond donors (Lipinski definition) is 0. The van der Waals surface area contributed by atoms with Gasteiger partial charge >= 0.3 is 12.1 Å². The Morgan fingerprint density at radius 1 is 1.29 bits per heavy atom. The summed E-state index contributed by atoms with van der Waals surface area (Å²) in [5.74, 6) is -0.317. The van der Waals surface area contributed by atoms with Gasteiger partial charge in [-0.25, -0.2) is 4.79 Å². The standard InChI is InChI=1S/C16H21NO4/c1-12-10-14(15(18)20-2)8-9-17(12)16(19)21-11-13-6-4-3-5-7-13/h3-7,12,14H,8-11H2,1-2H3/t12-,14-/m1/s1. The van der Waals surface area contributed by atoms with Crippen LogP contribution in [0.4, 0.5) is 4.79 Å². The van der Waals surface area contributed by atoms with Crippen LogP contribution < -0.4 is 0 Å². The van der Waals surface area contributed by atoms with Crippen LogP contribution in [0.5, 0.6) is 0 Å². The van der Waals surface area contributed by atoms with Crippen molar-refractivity contribution >= 4 is 12.1 Å². The molecule has 0 spiro atoms. The zero-order valence-corrected chi connectivity index (χ0v) is 12.5. The lowest BCUT2D eigenvalue weighted by molar-refractivity contribution is -0.147. The lowest BCUT2D eigenvalue weighted by Crippen LogP contribution is -2.46. The van der Waals surface area contributed by atoms with Crippen LogP contribution >= 0.6 is 0 Å². The molecule has 1 amide bonds. The fourth-order valence-corrected chi connectivity index (χ4v) is 2.63. The molecule has 5 nitrogen and oxygen atoms in total. The van der Waals surface area contributed by atoms with E-state index in [-0.39, 0.29) is 30.6 Å². The number of ether oxygens (including phenoxy) is 2. The predicted octanol–water partition coefficient (Wildman–Crippen LogP) is 2.60. The number of benzene rings is 1. The van der Waals surface area contributed by atoms with Crippen LogP contribution in [0.2, 0.25) is 0 Å². The summed E-state index contributed by atoms with van der Waals surface area (Å²) in [6, 6.07) is 9.55. The molecule has 0 unspecified atom stereocenters. The largest absolute Gasteiger partial charge is 0.469 e. The Hall–Kier alpha value is -2.04. The van der Waals surface area contributed by atoms with Gasteiger partial charge in [0, 0.05) is 12.6 Å². The van der Waals surface area contributed by atoms with Crippen LogP contribution in [0.3, 0.4) is 0 Å². The summed E-state index contributed by atoms with van der Waals surface area (Å²) in [6.07, 6.45) is 0.916. The molecular formula is C16H21NO4. The Labute approximate surface area is 124 Å². The molecule has 2 rings (SSSR count). The van der Waals surface area contributed by atoms with Crippen molar-refractivity contribution in [3.63, 3.8) is 0 Å². The molecule has 0 saturated carbocycles. The molecule has 114 valence electrons. The third-order valence-corrected chi connectivity index (χ3v) is 3.85. The van der Waals surface area contributed by atoms with Gasteiger partial charge in [0.05, 0.1) is 13.0 Å². The molecule has 2 atom stereocenters. The number of nitrogens with zero attached hydrogens (tertiary/aromatic N) is 1. The molecule has 1 aromatic carbocycles. The van der Waals surface area contributed by atoms with E-state index >= 15 is 0 Å². The fraction of sp³-hybridized carbons (Fsp3) is 0.500. The second kappa shape index (κ2) is 7.11. The lowest BCUT2D eigenvalue weighted by atomic mass is 9.92. The Bertz CT molecular complexity index is 488. The Morgan fingerprint density at radius 2 is 2.00 bits per heavy atom. The number of methoxy groups -OCH3 is 1. The molecule has 21 heavy (non-hydrogen) atoms. The van der Waals surface area contributed by atoms with Crippen molar-refractivity contribution in [2.75, 3.05) is 13.7 Å². The molecule has 5 heteroatoms. The summed E-state index contributed by atoms with van der Waals surface area (Å²) in [4.78, 5) is 25.3. The van der Waals surface area contributed by atoms with Gasteiger partial charge in [-0.2, -0.15) is 0 Å². The van der Waals surface area contributed by atoms with Crippen molar-refractivity contribution in [3.05, 3.63) is 35.9 Å². The van der Waals surface area contributed by atoms with Gasteiger partial charge in [-0.1, -0.05) is 30.3 Å². The molecule has 1 aromatic rings. The lowest BCUT2D eigenvalue weighted by Gasteiger charge is -2.35. The van der Waals surface area contributed by atoms with E-state index in [1.807, 2.05) is 37.3 Å². The van der Waals surface area contributed by atoms with Crippen LogP contribution in [-0.4, -0.2) is 36.7 Å². The molecule has 1 fully saturated rings. The maximum absolute atomic E-state index is 12.1. The molecule has 0 aliphatic carbocycles. The number of rotatable bonds is 3. The van der Waals surface area contributed by atoms with Gasteiger partial charge in [-0.05, 0) is 25.3 Å². The minimum absolute atomic E-state index is 0.0221. The van der Waals surface area contributed by atoms with Crippen molar-refractivity contribution in [1.82, 2.24) is 4.90 Å². The fourth-order valence-electron chi connectivity index (χ4n) is 2.63. The van der Waals surface area contributed by atoms with E-state index in [9.17, 15) is 9.59 Å². The Morgan fingerprint density at radius 3 is 2.62 bits per heavy atom. The summed E-state index contributed by atoms with van der Waals surface area (Å²) < 4.78 is 10.1. The first kappa shape index (κ1) is 15.4. The normalized spacial score (nSPS) is 21.7. The number of carbonyl (C=O) groups excluding carboxylic acids is 2. The van der Waals surface area contributed by atoms with E-state index in [4.69, 9.17) is 9.47 Å². The number of hydrogen-bond acceptors (Lipinski definition) is 4. The van der Waals surface area contributed by atoms with Gasteiger partial charge in [-0.3, -0.25) is 4.79 Å². The van der Waals surface area contributed by atoms with Crippen molar-refractivity contribution < 1.29 is 19.1 Å². The van der Waals surface area contributed by atoms with Crippen molar-refractivity contribution in [1.29, 1.82) is 0 Å². The second-order valence-corrected chi connectivity index (χ2v) is 5.33. The number of piperidine rings is 1. The Balaban J connectivity index is 1.85.